The predicted molar refractivity (Wildman–Crippen MR) is 87.6 cm³/mol. The maximum atomic E-state index is 12.5. The number of piperidine rings is 1. The van der Waals surface area contributed by atoms with Crippen molar-refractivity contribution in [1.82, 2.24) is 4.31 Å². The number of nitrogens with zero attached hydrogens (tertiary/aromatic N) is 2. The molecule has 1 aromatic rings. The van der Waals surface area contributed by atoms with Gasteiger partial charge in [-0.2, -0.15) is 0 Å². The highest BCUT2D eigenvalue weighted by Gasteiger charge is 2.29. The molecule has 1 aromatic carbocycles. The van der Waals surface area contributed by atoms with Crippen LogP contribution in [0.1, 0.15) is 24.8 Å². The number of benzene rings is 1. The molecule has 1 fully saturated rings. The highest BCUT2D eigenvalue weighted by molar-refractivity contribution is 7.89. The summed E-state index contributed by atoms with van der Waals surface area (Å²) in [6.07, 6.45) is 3.79. The molecule has 0 spiro atoms. The van der Waals surface area contributed by atoms with Gasteiger partial charge in [0.15, 0.2) is 5.69 Å². The molecule has 0 radical (unpaired) electrons. The van der Waals surface area contributed by atoms with Crippen LogP contribution in [0.2, 0.25) is 0 Å². The van der Waals surface area contributed by atoms with E-state index >= 15 is 0 Å². The van der Waals surface area contributed by atoms with Crippen molar-refractivity contribution < 1.29 is 8.42 Å². The van der Waals surface area contributed by atoms with E-state index in [-0.39, 0.29) is 11.7 Å². The van der Waals surface area contributed by atoms with Gasteiger partial charge in [-0.1, -0.05) is 18.6 Å². The Bertz CT molecular complexity index is 688. The second-order valence-electron chi connectivity index (χ2n) is 6.14. The highest BCUT2D eigenvalue weighted by Crippen LogP contribution is 2.29. The summed E-state index contributed by atoms with van der Waals surface area (Å²) in [6.45, 7) is 9.10. The van der Waals surface area contributed by atoms with Crippen LogP contribution in [0.5, 0.6) is 0 Å². The van der Waals surface area contributed by atoms with Gasteiger partial charge < -0.3 is 5.32 Å². The molecule has 1 atom stereocenters. The zero-order valence-corrected chi connectivity index (χ0v) is 13.4. The Morgan fingerprint density at radius 1 is 1.27 bits per heavy atom. The van der Waals surface area contributed by atoms with E-state index in [2.05, 4.69) is 10.2 Å². The molecular formula is C16H21N3O2S. The quantitative estimate of drug-likeness (QED) is 0.872. The third kappa shape index (κ3) is 3.26. The average molecular weight is 319 g/mol. The van der Waals surface area contributed by atoms with Crippen molar-refractivity contribution in [2.75, 3.05) is 30.7 Å². The van der Waals surface area contributed by atoms with Gasteiger partial charge in [0.2, 0.25) is 10.0 Å². The molecule has 0 amide bonds. The fourth-order valence-corrected chi connectivity index (χ4v) is 5.15. The standard InChI is InChI=1S/C16H21N3O2S/c1-17-15-5-6-16-14(10-15)9-13(11-18-16)12-22(20,21)19-7-3-2-4-8-19/h5-6,10,13,18H,2-4,7-9,11-12H2/t13-/m0/s1. The zero-order valence-electron chi connectivity index (χ0n) is 12.6. The van der Waals surface area contributed by atoms with Crippen molar-refractivity contribution in [3.63, 3.8) is 0 Å². The molecule has 6 heteroatoms. The Labute approximate surface area is 132 Å². The van der Waals surface area contributed by atoms with Gasteiger partial charge in [-0.05, 0) is 36.8 Å². The van der Waals surface area contributed by atoms with Crippen molar-refractivity contribution in [2.45, 2.75) is 25.7 Å². The van der Waals surface area contributed by atoms with Gasteiger partial charge in [0.25, 0.3) is 0 Å². The third-order valence-electron chi connectivity index (χ3n) is 4.46. The van der Waals surface area contributed by atoms with Gasteiger partial charge in [-0.15, -0.1) is 0 Å². The van der Waals surface area contributed by atoms with Gasteiger partial charge in [0, 0.05) is 25.3 Å². The minimum absolute atomic E-state index is 0.0698. The lowest BCUT2D eigenvalue weighted by Gasteiger charge is -2.30. The minimum Gasteiger partial charge on any atom is -0.385 e. The number of rotatable bonds is 3. The van der Waals surface area contributed by atoms with Crippen LogP contribution in [0, 0.1) is 12.5 Å². The molecule has 2 aliphatic heterocycles. The van der Waals surface area contributed by atoms with E-state index in [1.165, 1.54) is 0 Å². The molecule has 22 heavy (non-hydrogen) atoms. The molecule has 0 saturated carbocycles. The van der Waals surface area contributed by atoms with E-state index in [4.69, 9.17) is 6.57 Å². The van der Waals surface area contributed by atoms with E-state index in [0.717, 1.165) is 36.9 Å². The summed E-state index contributed by atoms with van der Waals surface area (Å²) in [5, 5.41) is 3.30. The van der Waals surface area contributed by atoms with Gasteiger partial charge in [-0.3, -0.25) is 0 Å². The first-order valence-electron chi connectivity index (χ1n) is 7.80. The summed E-state index contributed by atoms with van der Waals surface area (Å²) < 4.78 is 26.7. The largest absolute Gasteiger partial charge is 0.385 e. The Morgan fingerprint density at radius 3 is 2.77 bits per heavy atom. The maximum absolute atomic E-state index is 12.5. The summed E-state index contributed by atoms with van der Waals surface area (Å²) >= 11 is 0. The molecule has 3 rings (SSSR count). The van der Waals surface area contributed by atoms with Crippen LogP contribution in [-0.2, 0) is 16.4 Å². The lowest BCUT2D eigenvalue weighted by Crippen LogP contribution is -2.41. The molecule has 0 aliphatic carbocycles. The molecule has 5 nitrogen and oxygen atoms in total. The van der Waals surface area contributed by atoms with Gasteiger partial charge in [-0.25, -0.2) is 17.6 Å². The van der Waals surface area contributed by atoms with Gasteiger partial charge in [0.1, 0.15) is 0 Å². The lowest BCUT2D eigenvalue weighted by atomic mass is 9.95. The lowest BCUT2D eigenvalue weighted by molar-refractivity contribution is 0.343. The first kappa shape index (κ1) is 15.3. The molecule has 2 aliphatic rings. The van der Waals surface area contributed by atoms with E-state index < -0.39 is 10.0 Å². The average Bonchev–Trinajstić information content (AvgIpc) is 2.54. The van der Waals surface area contributed by atoms with E-state index in [1.807, 2.05) is 12.1 Å². The molecular weight excluding hydrogens is 298 g/mol. The second kappa shape index (κ2) is 6.27. The maximum Gasteiger partial charge on any atom is 0.214 e. The monoisotopic (exact) mass is 319 g/mol. The van der Waals surface area contributed by atoms with Crippen molar-refractivity contribution in [2.24, 2.45) is 5.92 Å². The van der Waals surface area contributed by atoms with E-state index in [1.54, 1.807) is 10.4 Å². The summed E-state index contributed by atoms with van der Waals surface area (Å²) in [4.78, 5) is 3.45. The molecule has 118 valence electrons. The van der Waals surface area contributed by atoms with Crippen molar-refractivity contribution >= 4 is 21.4 Å². The number of anilines is 1. The summed E-state index contributed by atoms with van der Waals surface area (Å²) in [6, 6.07) is 5.58. The Balaban J connectivity index is 1.70. The molecule has 0 bridgehead atoms. The number of hydrogen-bond donors (Lipinski definition) is 1. The zero-order chi connectivity index (χ0) is 15.6. The van der Waals surface area contributed by atoms with Crippen LogP contribution in [0.3, 0.4) is 0 Å². The summed E-state index contributed by atoms with van der Waals surface area (Å²) in [5.74, 6) is 0.266. The minimum atomic E-state index is -3.17. The molecule has 0 aromatic heterocycles. The summed E-state index contributed by atoms with van der Waals surface area (Å²) in [5.41, 5.74) is 2.69. The number of sulfonamides is 1. The first-order valence-corrected chi connectivity index (χ1v) is 9.41. The van der Waals surface area contributed by atoms with Crippen LogP contribution in [0.4, 0.5) is 11.4 Å². The van der Waals surface area contributed by atoms with Crippen LogP contribution in [0.15, 0.2) is 18.2 Å². The van der Waals surface area contributed by atoms with Crippen LogP contribution in [-0.4, -0.2) is 38.1 Å². The van der Waals surface area contributed by atoms with Crippen molar-refractivity contribution in [3.05, 3.63) is 35.2 Å². The van der Waals surface area contributed by atoms with E-state index in [9.17, 15) is 8.42 Å². The second-order valence-corrected chi connectivity index (χ2v) is 8.16. The normalized spacial score (nSPS) is 22.4. The third-order valence-corrected chi connectivity index (χ3v) is 6.51. The van der Waals surface area contributed by atoms with Gasteiger partial charge in [0.05, 0.1) is 12.3 Å². The van der Waals surface area contributed by atoms with Crippen molar-refractivity contribution in [1.29, 1.82) is 0 Å². The molecule has 0 unspecified atom stereocenters. The fourth-order valence-electron chi connectivity index (χ4n) is 3.29. The number of hydrogen-bond acceptors (Lipinski definition) is 3. The predicted octanol–water partition coefficient (Wildman–Crippen LogP) is 2.64. The SMILES string of the molecule is [C-]#[N+]c1ccc2c(c1)C[C@H](CS(=O)(=O)N1CCCCC1)CN2. The van der Waals surface area contributed by atoms with Gasteiger partial charge >= 0.3 is 0 Å². The smallest absolute Gasteiger partial charge is 0.214 e. The topological polar surface area (TPSA) is 53.8 Å². The Kier molecular flexibility index (Phi) is 4.37. The Morgan fingerprint density at radius 2 is 2.05 bits per heavy atom. The van der Waals surface area contributed by atoms with E-state index in [0.29, 0.717) is 25.3 Å². The Hall–Kier alpha value is -1.58. The summed E-state index contributed by atoms with van der Waals surface area (Å²) in [7, 11) is -3.17. The number of fused-ring (bicyclic) bond motifs is 1. The fraction of sp³-hybridized carbons (Fsp3) is 0.562. The molecule has 1 N–H and O–H groups in total. The van der Waals surface area contributed by atoms with Crippen LogP contribution >= 0.6 is 0 Å². The van der Waals surface area contributed by atoms with Crippen LogP contribution in [0.25, 0.3) is 4.85 Å². The van der Waals surface area contributed by atoms with Crippen molar-refractivity contribution in [3.8, 4) is 0 Å². The molecule has 2 heterocycles. The van der Waals surface area contributed by atoms with Crippen LogP contribution < -0.4 is 5.32 Å². The first-order chi connectivity index (χ1) is 10.6. The highest BCUT2D eigenvalue weighted by atomic mass is 32.2. The number of nitrogens with one attached hydrogen (secondary N) is 1. The molecule has 1 saturated heterocycles.